The first kappa shape index (κ1) is 57.2. The lowest BCUT2D eigenvalue weighted by Gasteiger charge is -2.27. The molecule has 23 aromatic rings. The van der Waals surface area contributed by atoms with Crippen LogP contribution in [0.4, 0.5) is 0 Å². The standard InChI is InChI=1S/C96H52N6S2/c97-53-77-90(100-81-35-13-7-27-67(81)68-28-8-14-36-82(68)100)92(102-84-52-60(64-32-18-22-58-42-40-56-20-2-4-24-62(56)88(58)64)44-46-70(84)74-48-50-76-72-30-10-16-38-86(72)104-96(76)94(74)102)78(54-98)89(99-79-33-11-5-25-65(79)66-26-6-12-34-80(66)99)91(77)101-83-51-59(63-31-17-21-57-41-39-55-19-1-3-23-61(55)87(57)63)43-45-69(83)73-47-49-75-71-29-9-15-37-85(71)103-95(75)93(73)101/h1-52H. The summed E-state index contributed by atoms with van der Waals surface area (Å²) >= 11 is 3.56. The lowest BCUT2D eigenvalue weighted by molar-refractivity contribution is 1.03. The number of hydrogen-bond donors (Lipinski definition) is 0. The van der Waals surface area contributed by atoms with Gasteiger partial charge < -0.3 is 18.3 Å². The molecule has 23 rings (SSSR count). The normalized spacial score (nSPS) is 12.2. The number of aromatic nitrogens is 4. The summed E-state index contributed by atoms with van der Waals surface area (Å²) in [6, 6.07) is 121. The number of thiophene rings is 2. The average Bonchev–Trinajstić information content (AvgIpc) is 1.49. The highest BCUT2D eigenvalue weighted by Gasteiger charge is 2.36. The highest BCUT2D eigenvalue weighted by molar-refractivity contribution is 7.27. The van der Waals surface area contributed by atoms with Gasteiger partial charge in [0.25, 0.3) is 0 Å². The molecule has 0 atom stereocenters. The summed E-state index contributed by atoms with van der Waals surface area (Å²) in [5.74, 6) is 0. The van der Waals surface area contributed by atoms with Gasteiger partial charge in [-0.25, -0.2) is 0 Å². The largest absolute Gasteiger partial charge is 0.306 e. The van der Waals surface area contributed by atoms with Crippen LogP contribution in [0.15, 0.2) is 315 Å². The van der Waals surface area contributed by atoms with E-state index in [2.05, 4.69) is 346 Å². The molecular weight excluding hydrogens is 1300 g/mol. The van der Waals surface area contributed by atoms with E-state index in [1.807, 2.05) is 0 Å². The van der Waals surface area contributed by atoms with Gasteiger partial charge in [0.2, 0.25) is 0 Å². The predicted octanol–water partition coefficient (Wildman–Crippen LogP) is 26.5. The maximum absolute atomic E-state index is 13.7. The molecule has 6 heterocycles. The minimum absolute atomic E-state index is 0.399. The number of benzene rings is 17. The van der Waals surface area contributed by atoms with Crippen molar-refractivity contribution < 1.29 is 0 Å². The van der Waals surface area contributed by atoms with Crippen LogP contribution in [0.3, 0.4) is 0 Å². The van der Waals surface area contributed by atoms with Crippen molar-refractivity contribution in [3.05, 3.63) is 327 Å². The fourth-order valence-electron chi connectivity index (χ4n) is 18.1. The van der Waals surface area contributed by atoms with Gasteiger partial charge in [-0.2, -0.15) is 10.5 Å². The third kappa shape index (κ3) is 7.69. The summed E-state index contributed by atoms with van der Waals surface area (Å²) in [5, 5.41) is 49.5. The molecule has 104 heavy (non-hydrogen) atoms. The molecule has 478 valence electrons. The number of hydrogen-bond acceptors (Lipinski definition) is 4. The molecule has 0 fully saturated rings. The van der Waals surface area contributed by atoms with Gasteiger partial charge in [-0.1, -0.05) is 267 Å². The van der Waals surface area contributed by atoms with Gasteiger partial charge in [-0.15, -0.1) is 22.7 Å². The molecule has 0 saturated heterocycles. The van der Waals surface area contributed by atoms with Gasteiger partial charge in [0.1, 0.15) is 23.3 Å². The quantitative estimate of drug-likeness (QED) is 0.156. The Kier molecular flexibility index (Phi) is 11.8. The first-order chi connectivity index (χ1) is 51.6. The lowest BCUT2D eigenvalue weighted by atomic mass is 9.93. The monoisotopic (exact) mass is 1350 g/mol. The Morgan fingerprint density at radius 2 is 0.538 bits per heavy atom. The number of fused-ring (bicyclic) bond motifs is 26. The van der Waals surface area contributed by atoms with E-state index >= 15 is 0 Å². The van der Waals surface area contributed by atoms with Crippen molar-refractivity contribution in [2.45, 2.75) is 0 Å². The Morgan fingerprint density at radius 1 is 0.231 bits per heavy atom. The van der Waals surface area contributed by atoms with E-state index in [1.54, 1.807) is 22.7 Å². The van der Waals surface area contributed by atoms with Crippen molar-refractivity contribution >= 4 is 193 Å². The van der Waals surface area contributed by atoms with E-state index in [1.165, 1.54) is 32.3 Å². The SMILES string of the molecule is N#Cc1c(-n2c3ccccc3c3ccccc32)c(-n2c3cc(-c4cccc5ccc6ccccc6c45)ccc3c3ccc4c5ccccc5sc4c32)c(C#N)c(-n2c3ccccc3c3ccccc32)c1-n1c2cc(-c3cccc4ccc5ccccc5c34)ccc2c2ccc3c4ccccc4sc3c21. The topological polar surface area (TPSA) is 67.3 Å². The van der Waals surface area contributed by atoms with E-state index in [-0.39, 0.29) is 0 Å². The van der Waals surface area contributed by atoms with Crippen molar-refractivity contribution in [1.82, 2.24) is 18.3 Å². The summed E-state index contributed by atoms with van der Waals surface area (Å²) in [5.41, 5.74) is 14.8. The molecule has 17 aromatic carbocycles. The maximum atomic E-state index is 13.7. The molecule has 0 radical (unpaired) electrons. The third-order valence-corrected chi connectivity index (χ3v) is 24.8. The zero-order valence-electron chi connectivity index (χ0n) is 55.5. The first-order valence-electron chi connectivity index (χ1n) is 35.2. The van der Waals surface area contributed by atoms with Crippen LogP contribution in [0.1, 0.15) is 11.1 Å². The lowest BCUT2D eigenvalue weighted by Crippen LogP contribution is -2.16. The van der Waals surface area contributed by atoms with E-state index in [0.717, 1.165) is 161 Å². The van der Waals surface area contributed by atoms with Gasteiger partial charge in [0, 0.05) is 74.0 Å². The van der Waals surface area contributed by atoms with E-state index in [9.17, 15) is 10.5 Å². The van der Waals surface area contributed by atoms with Gasteiger partial charge in [0.15, 0.2) is 0 Å². The summed E-state index contributed by atoms with van der Waals surface area (Å²) in [6.07, 6.45) is 0. The van der Waals surface area contributed by atoms with Crippen LogP contribution < -0.4 is 0 Å². The number of para-hydroxylation sites is 4. The first-order valence-corrected chi connectivity index (χ1v) is 36.8. The van der Waals surface area contributed by atoms with Crippen molar-refractivity contribution in [2.75, 3.05) is 0 Å². The highest BCUT2D eigenvalue weighted by Crippen LogP contribution is 2.54. The van der Waals surface area contributed by atoms with Crippen LogP contribution in [0.2, 0.25) is 0 Å². The van der Waals surface area contributed by atoms with Crippen molar-refractivity contribution in [1.29, 1.82) is 10.5 Å². The number of nitriles is 2. The van der Waals surface area contributed by atoms with Crippen LogP contribution in [0.5, 0.6) is 0 Å². The Balaban J connectivity index is 0.989. The maximum Gasteiger partial charge on any atom is 0.104 e. The Hall–Kier alpha value is -13.6. The Bertz CT molecular complexity index is 7330. The van der Waals surface area contributed by atoms with E-state index in [4.69, 9.17) is 0 Å². The zero-order valence-corrected chi connectivity index (χ0v) is 57.2. The van der Waals surface area contributed by atoms with Crippen LogP contribution in [0, 0.1) is 22.7 Å². The summed E-state index contributed by atoms with van der Waals surface area (Å²) in [7, 11) is 0. The summed E-state index contributed by atoms with van der Waals surface area (Å²) in [4.78, 5) is 0. The minimum atomic E-state index is 0.399. The zero-order chi connectivity index (χ0) is 68.2. The highest BCUT2D eigenvalue weighted by atomic mass is 32.1. The molecule has 6 nitrogen and oxygen atoms in total. The van der Waals surface area contributed by atoms with Crippen molar-refractivity contribution in [3.63, 3.8) is 0 Å². The smallest absolute Gasteiger partial charge is 0.104 e. The molecule has 0 N–H and O–H groups in total. The molecule has 6 aromatic heterocycles. The number of nitrogens with zero attached hydrogens (tertiary/aromatic N) is 6. The second-order valence-corrected chi connectivity index (χ2v) is 29.6. The van der Waals surface area contributed by atoms with Gasteiger partial charge in [0.05, 0.1) is 76.3 Å². The molecule has 0 spiro atoms. The van der Waals surface area contributed by atoms with Gasteiger partial charge >= 0.3 is 0 Å². The van der Waals surface area contributed by atoms with Gasteiger partial charge in [-0.05, 0) is 114 Å². The van der Waals surface area contributed by atoms with E-state index < -0.39 is 0 Å². The molecule has 0 bridgehead atoms. The fourth-order valence-corrected chi connectivity index (χ4v) is 20.5. The van der Waals surface area contributed by atoms with Gasteiger partial charge in [-0.3, -0.25) is 0 Å². The Labute approximate surface area is 601 Å². The predicted molar refractivity (Wildman–Crippen MR) is 440 cm³/mol. The molecule has 0 unspecified atom stereocenters. The molecular formula is C96H52N6S2. The van der Waals surface area contributed by atoms with Crippen LogP contribution >= 0.6 is 22.7 Å². The van der Waals surface area contributed by atoms with E-state index in [0.29, 0.717) is 33.9 Å². The summed E-state index contributed by atoms with van der Waals surface area (Å²) < 4.78 is 14.0. The van der Waals surface area contributed by atoms with Crippen molar-refractivity contribution in [3.8, 4) is 57.1 Å². The van der Waals surface area contributed by atoms with Crippen LogP contribution in [-0.2, 0) is 0 Å². The van der Waals surface area contributed by atoms with Crippen molar-refractivity contribution in [2.24, 2.45) is 0 Å². The molecule has 0 aliphatic rings. The number of rotatable bonds is 6. The third-order valence-electron chi connectivity index (χ3n) is 22.4. The molecule has 8 heteroatoms. The van der Waals surface area contributed by atoms with Crippen LogP contribution in [-0.4, -0.2) is 18.3 Å². The molecule has 0 amide bonds. The second-order valence-electron chi connectivity index (χ2n) is 27.5. The average molecular weight is 1350 g/mol. The Morgan fingerprint density at radius 3 is 0.942 bits per heavy atom. The molecule has 0 aliphatic heterocycles. The molecule has 0 aliphatic carbocycles. The van der Waals surface area contributed by atoms with Crippen LogP contribution in [0.25, 0.3) is 216 Å². The summed E-state index contributed by atoms with van der Waals surface area (Å²) in [6.45, 7) is 0. The fraction of sp³-hybridized carbons (Fsp3) is 0. The minimum Gasteiger partial charge on any atom is -0.306 e. The molecule has 0 saturated carbocycles. The second kappa shape index (κ2) is 21.5.